The van der Waals surface area contributed by atoms with Crippen molar-refractivity contribution in [2.75, 3.05) is 5.75 Å². The quantitative estimate of drug-likeness (QED) is 0.0414. The lowest BCUT2D eigenvalue weighted by atomic mass is 10.1. The average Bonchev–Trinajstić information content (AvgIpc) is 2.98. The van der Waals surface area contributed by atoms with Crippen LogP contribution in [0.2, 0.25) is 0 Å². The highest BCUT2D eigenvalue weighted by molar-refractivity contribution is 7.85. The zero-order chi connectivity index (χ0) is 32.6. The van der Waals surface area contributed by atoms with Gasteiger partial charge in [-0.05, 0) is 70.6 Å². The normalized spacial score (nSPS) is 14.2. The molecule has 0 aliphatic rings. The van der Waals surface area contributed by atoms with Crippen molar-refractivity contribution in [1.29, 1.82) is 0 Å². The molecule has 0 fully saturated rings. The van der Waals surface area contributed by atoms with Gasteiger partial charge in [0.1, 0.15) is 0 Å². The fourth-order valence-electron chi connectivity index (χ4n) is 4.81. The fourth-order valence-corrected chi connectivity index (χ4v) is 5.54. The molecule has 1 amide bonds. The van der Waals surface area contributed by atoms with Crippen molar-refractivity contribution < 1.29 is 22.9 Å². The maximum Gasteiger partial charge on any atom is 0.267 e. The van der Waals surface area contributed by atoms with Crippen molar-refractivity contribution in [3.63, 3.8) is 0 Å². The van der Waals surface area contributed by atoms with Crippen LogP contribution in [0.25, 0.3) is 0 Å². The standard InChI is InChI=1S/C37H65NO5S/c1-3-5-7-9-11-13-15-16-17-18-19-20-21-22-23-25-27-29-31-33-37(40)38-35(34-44(41,42)43)36(39)32-30-28-26-24-14-12-10-8-6-4-2/h6,8,11,13-14,16-17,24,30,32,35-36,39H,3-5,7,9-10,12,15,18-23,25-29,31,33-34H2,1-2H3,(H,38,40)(H,41,42,43)/b8-6+,13-11-,17-16-,24-14+,32-30+. The molecule has 0 aromatic carbocycles. The highest BCUT2D eigenvalue weighted by Gasteiger charge is 2.24. The van der Waals surface area contributed by atoms with E-state index >= 15 is 0 Å². The number of aliphatic hydroxyl groups is 1. The summed E-state index contributed by atoms with van der Waals surface area (Å²) < 4.78 is 32.2. The Kier molecular flexibility index (Phi) is 29.7. The number of carbonyl (C=O) groups excluding carboxylic acids is 1. The van der Waals surface area contributed by atoms with Crippen molar-refractivity contribution in [2.45, 2.75) is 161 Å². The Morgan fingerprint density at radius 2 is 1.11 bits per heavy atom. The molecule has 7 heteroatoms. The number of aliphatic hydroxyl groups excluding tert-OH is 1. The Balaban J connectivity index is 3.99. The van der Waals surface area contributed by atoms with Gasteiger partial charge in [0.05, 0.1) is 17.9 Å². The van der Waals surface area contributed by atoms with E-state index in [-0.39, 0.29) is 12.3 Å². The Morgan fingerprint density at radius 1 is 0.636 bits per heavy atom. The van der Waals surface area contributed by atoms with Crippen LogP contribution in [0, 0.1) is 0 Å². The van der Waals surface area contributed by atoms with Crippen LogP contribution in [0.4, 0.5) is 0 Å². The molecular weight excluding hydrogens is 570 g/mol. The summed E-state index contributed by atoms with van der Waals surface area (Å²) in [5.74, 6) is -1.02. The van der Waals surface area contributed by atoms with Crippen molar-refractivity contribution in [2.24, 2.45) is 0 Å². The number of rotatable bonds is 30. The molecule has 44 heavy (non-hydrogen) atoms. The third-order valence-electron chi connectivity index (χ3n) is 7.41. The Hall–Kier alpha value is -1.96. The van der Waals surface area contributed by atoms with Gasteiger partial charge in [0.25, 0.3) is 10.1 Å². The predicted octanol–water partition coefficient (Wildman–Crippen LogP) is 9.73. The number of nitrogens with one attached hydrogen (secondary N) is 1. The number of hydrogen-bond acceptors (Lipinski definition) is 4. The molecule has 0 spiro atoms. The minimum atomic E-state index is -4.35. The maximum absolute atomic E-state index is 12.4. The summed E-state index contributed by atoms with van der Waals surface area (Å²) in [7, 11) is -4.35. The average molecular weight is 636 g/mol. The summed E-state index contributed by atoms with van der Waals surface area (Å²) in [6.45, 7) is 4.35. The van der Waals surface area contributed by atoms with E-state index in [2.05, 4.69) is 67.8 Å². The first-order chi connectivity index (χ1) is 21.3. The van der Waals surface area contributed by atoms with E-state index in [4.69, 9.17) is 0 Å². The van der Waals surface area contributed by atoms with Gasteiger partial charge in [0.15, 0.2) is 0 Å². The summed E-state index contributed by atoms with van der Waals surface area (Å²) in [4.78, 5) is 12.4. The predicted molar refractivity (Wildman–Crippen MR) is 188 cm³/mol. The lowest BCUT2D eigenvalue weighted by molar-refractivity contribution is -0.122. The van der Waals surface area contributed by atoms with E-state index < -0.39 is 28.0 Å². The number of allylic oxidation sites excluding steroid dienone is 9. The van der Waals surface area contributed by atoms with Crippen molar-refractivity contribution >= 4 is 16.0 Å². The number of unbranched alkanes of at least 4 members (excludes halogenated alkanes) is 14. The fraction of sp³-hybridized carbons (Fsp3) is 0.703. The zero-order valence-corrected chi connectivity index (χ0v) is 28.8. The van der Waals surface area contributed by atoms with Crippen LogP contribution >= 0.6 is 0 Å². The smallest absolute Gasteiger partial charge is 0.267 e. The van der Waals surface area contributed by atoms with Gasteiger partial charge in [0, 0.05) is 6.42 Å². The maximum atomic E-state index is 12.4. The molecule has 2 atom stereocenters. The minimum Gasteiger partial charge on any atom is -0.387 e. The van der Waals surface area contributed by atoms with Crippen LogP contribution in [0.5, 0.6) is 0 Å². The van der Waals surface area contributed by atoms with E-state index in [1.165, 1.54) is 70.3 Å². The van der Waals surface area contributed by atoms with Crippen molar-refractivity contribution in [3.8, 4) is 0 Å². The van der Waals surface area contributed by atoms with Crippen molar-refractivity contribution in [3.05, 3.63) is 60.8 Å². The lowest BCUT2D eigenvalue weighted by Crippen LogP contribution is -2.46. The second-order valence-corrected chi connectivity index (χ2v) is 13.2. The highest BCUT2D eigenvalue weighted by Crippen LogP contribution is 2.12. The molecule has 3 N–H and O–H groups in total. The first-order valence-electron chi connectivity index (χ1n) is 17.5. The summed E-state index contributed by atoms with van der Waals surface area (Å²) in [6.07, 6.45) is 42.1. The Bertz CT molecular complexity index is 920. The molecule has 0 aromatic heterocycles. The number of hydrogen-bond donors (Lipinski definition) is 3. The van der Waals surface area contributed by atoms with Crippen LogP contribution in [0.1, 0.15) is 149 Å². The first-order valence-corrected chi connectivity index (χ1v) is 19.1. The second kappa shape index (κ2) is 31.0. The van der Waals surface area contributed by atoms with E-state index in [0.717, 1.165) is 57.8 Å². The monoisotopic (exact) mass is 635 g/mol. The summed E-state index contributed by atoms with van der Waals surface area (Å²) in [6, 6.07) is -1.08. The third-order valence-corrected chi connectivity index (χ3v) is 8.19. The zero-order valence-electron chi connectivity index (χ0n) is 28.0. The van der Waals surface area contributed by atoms with Gasteiger partial charge in [-0.25, -0.2) is 0 Å². The van der Waals surface area contributed by atoms with Gasteiger partial charge in [-0.1, -0.05) is 132 Å². The molecule has 0 radical (unpaired) electrons. The first kappa shape index (κ1) is 42.0. The van der Waals surface area contributed by atoms with Gasteiger partial charge in [-0.2, -0.15) is 8.42 Å². The summed E-state index contributed by atoms with van der Waals surface area (Å²) in [5.41, 5.74) is 0. The third kappa shape index (κ3) is 31.5. The van der Waals surface area contributed by atoms with Gasteiger partial charge < -0.3 is 10.4 Å². The Morgan fingerprint density at radius 3 is 1.66 bits per heavy atom. The molecule has 0 aliphatic heterocycles. The minimum absolute atomic E-state index is 0.277. The molecule has 0 aliphatic carbocycles. The largest absolute Gasteiger partial charge is 0.387 e. The van der Waals surface area contributed by atoms with Crippen LogP contribution < -0.4 is 5.32 Å². The molecule has 0 heterocycles. The van der Waals surface area contributed by atoms with Crippen LogP contribution in [0.3, 0.4) is 0 Å². The van der Waals surface area contributed by atoms with Gasteiger partial charge in [-0.3, -0.25) is 9.35 Å². The van der Waals surface area contributed by atoms with Gasteiger partial charge >= 0.3 is 0 Å². The van der Waals surface area contributed by atoms with E-state index in [1.807, 2.05) is 0 Å². The number of carbonyl (C=O) groups is 1. The van der Waals surface area contributed by atoms with E-state index in [1.54, 1.807) is 6.08 Å². The van der Waals surface area contributed by atoms with E-state index in [9.17, 15) is 22.9 Å². The Labute approximate surface area is 271 Å². The lowest BCUT2D eigenvalue weighted by Gasteiger charge is -2.21. The molecule has 254 valence electrons. The molecular formula is C37H65NO5S. The summed E-state index contributed by atoms with van der Waals surface area (Å²) in [5, 5.41) is 13.1. The molecule has 0 saturated carbocycles. The second-order valence-electron chi connectivity index (χ2n) is 11.7. The van der Waals surface area contributed by atoms with Crippen LogP contribution in [-0.2, 0) is 14.9 Å². The molecule has 0 saturated heterocycles. The van der Waals surface area contributed by atoms with Crippen LogP contribution in [0.15, 0.2) is 60.8 Å². The molecule has 0 rings (SSSR count). The van der Waals surface area contributed by atoms with Crippen molar-refractivity contribution in [1.82, 2.24) is 5.32 Å². The van der Waals surface area contributed by atoms with Crippen LogP contribution in [-0.4, -0.2) is 41.9 Å². The van der Waals surface area contributed by atoms with Gasteiger partial charge in [-0.15, -0.1) is 0 Å². The number of amides is 1. The molecule has 2 unspecified atom stereocenters. The molecule has 0 bridgehead atoms. The molecule has 0 aromatic rings. The van der Waals surface area contributed by atoms with Gasteiger partial charge in [0.2, 0.25) is 5.91 Å². The van der Waals surface area contributed by atoms with E-state index in [0.29, 0.717) is 6.42 Å². The SMILES string of the molecule is CC/C=C/CC/C=C/CC/C=C/C(O)C(CS(=O)(=O)O)NC(=O)CCCCCCCCCCC/C=C\C/C=C\CCCCC. The highest BCUT2D eigenvalue weighted by atomic mass is 32.2. The summed E-state index contributed by atoms with van der Waals surface area (Å²) >= 11 is 0. The molecule has 6 nitrogen and oxygen atoms in total. The topological polar surface area (TPSA) is 104 Å².